The van der Waals surface area contributed by atoms with Crippen molar-refractivity contribution in [2.75, 3.05) is 11.9 Å². The zero-order valence-electron chi connectivity index (χ0n) is 17.8. The van der Waals surface area contributed by atoms with Crippen LogP contribution in [0.5, 0.6) is 0 Å². The van der Waals surface area contributed by atoms with Gasteiger partial charge in [-0.2, -0.15) is 0 Å². The van der Waals surface area contributed by atoms with E-state index in [1.165, 1.54) is 13.8 Å². The van der Waals surface area contributed by atoms with Crippen LogP contribution in [0.15, 0.2) is 54.6 Å². The number of carbonyl (C=O) groups excluding carboxylic acids is 4. The van der Waals surface area contributed by atoms with Gasteiger partial charge in [-0.15, -0.1) is 0 Å². The Labute approximate surface area is 181 Å². The number of ether oxygens (including phenoxy) is 1. The lowest BCUT2D eigenvalue weighted by Crippen LogP contribution is -2.34. The van der Waals surface area contributed by atoms with Crippen molar-refractivity contribution in [3.8, 4) is 0 Å². The van der Waals surface area contributed by atoms with Crippen LogP contribution in [0.1, 0.15) is 49.2 Å². The van der Waals surface area contributed by atoms with Gasteiger partial charge in [0.15, 0.2) is 11.9 Å². The van der Waals surface area contributed by atoms with Crippen LogP contribution >= 0.6 is 0 Å². The van der Waals surface area contributed by atoms with Gasteiger partial charge in [0.25, 0.3) is 5.91 Å². The maximum Gasteiger partial charge on any atom is 0.312 e. The molecule has 1 aliphatic heterocycles. The smallest absolute Gasteiger partial charge is 0.312 e. The second kappa shape index (κ2) is 9.55. The van der Waals surface area contributed by atoms with Crippen LogP contribution in [-0.4, -0.2) is 41.1 Å². The van der Waals surface area contributed by atoms with Gasteiger partial charge in [-0.05, 0) is 38.5 Å². The van der Waals surface area contributed by atoms with Crippen molar-refractivity contribution in [1.29, 1.82) is 0 Å². The number of hydrogen-bond donors (Lipinski definition) is 1. The van der Waals surface area contributed by atoms with Crippen molar-refractivity contribution in [2.45, 2.75) is 39.3 Å². The van der Waals surface area contributed by atoms with Crippen molar-refractivity contribution in [2.24, 2.45) is 5.92 Å². The highest BCUT2D eigenvalue weighted by Gasteiger charge is 2.38. The highest BCUT2D eigenvalue weighted by molar-refractivity contribution is 6.04. The minimum absolute atomic E-state index is 0.0531. The molecule has 1 N–H and O–H groups in total. The van der Waals surface area contributed by atoms with Crippen molar-refractivity contribution in [3.05, 3.63) is 65.7 Å². The van der Waals surface area contributed by atoms with Crippen LogP contribution in [0.4, 0.5) is 5.69 Å². The van der Waals surface area contributed by atoms with Gasteiger partial charge in [0, 0.05) is 18.5 Å². The average Bonchev–Trinajstić information content (AvgIpc) is 3.15. The third kappa shape index (κ3) is 5.17. The first kappa shape index (κ1) is 22.2. The Morgan fingerprint density at radius 1 is 1.03 bits per heavy atom. The number of carbonyl (C=O) groups is 4. The van der Waals surface area contributed by atoms with Crippen LogP contribution in [0.2, 0.25) is 0 Å². The second-order valence-electron chi connectivity index (χ2n) is 7.70. The molecule has 2 aromatic rings. The molecule has 0 radical (unpaired) electrons. The summed E-state index contributed by atoms with van der Waals surface area (Å²) in [4.78, 5) is 50.9. The number of rotatable bonds is 7. The van der Waals surface area contributed by atoms with Crippen LogP contribution in [0.25, 0.3) is 0 Å². The summed E-state index contributed by atoms with van der Waals surface area (Å²) < 4.78 is 5.34. The van der Waals surface area contributed by atoms with Gasteiger partial charge in [0.2, 0.25) is 5.91 Å². The van der Waals surface area contributed by atoms with Gasteiger partial charge in [-0.3, -0.25) is 19.2 Å². The first-order valence-corrected chi connectivity index (χ1v) is 10.2. The molecule has 0 aliphatic carbocycles. The van der Waals surface area contributed by atoms with E-state index in [1.807, 2.05) is 37.3 Å². The van der Waals surface area contributed by atoms with Crippen LogP contribution < -0.4 is 5.32 Å². The first-order chi connectivity index (χ1) is 14.8. The monoisotopic (exact) mass is 422 g/mol. The van der Waals surface area contributed by atoms with E-state index in [0.29, 0.717) is 11.3 Å². The number of nitrogens with one attached hydrogen (secondary N) is 1. The maximum absolute atomic E-state index is 12.6. The van der Waals surface area contributed by atoms with Gasteiger partial charge in [0.1, 0.15) is 0 Å². The molecule has 1 heterocycles. The summed E-state index contributed by atoms with van der Waals surface area (Å²) in [5, 5.41) is 2.63. The molecule has 7 heteroatoms. The lowest BCUT2D eigenvalue weighted by atomic mass is 10.1. The number of hydrogen-bond acceptors (Lipinski definition) is 5. The van der Waals surface area contributed by atoms with E-state index in [2.05, 4.69) is 5.32 Å². The number of likely N-dealkylation sites (tertiary alicyclic amines) is 1. The molecule has 3 atom stereocenters. The summed E-state index contributed by atoms with van der Waals surface area (Å²) in [6.45, 7) is 5.04. The number of anilines is 1. The molecule has 2 aromatic carbocycles. The van der Waals surface area contributed by atoms with E-state index in [4.69, 9.17) is 4.74 Å². The Morgan fingerprint density at radius 2 is 1.68 bits per heavy atom. The van der Waals surface area contributed by atoms with E-state index in [1.54, 1.807) is 29.2 Å². The summed E-state index contributed by atoms with van der Waals surface area (Å²) in [5.74, 6) is -2.05. The lowest BCUT2D eigenvalue weighted by molar-refractivity contribution is -0.157. The van der Waals surface area contributed by atoms with E-state index in [9.17, 15) is 19.2 Å². The Kier molecular flexibility index (Phi) is 6.84. The summed E-state index contributed by atoms with van der Waals surface area (Å²) >= 11 is 0. The van der Waals surface area contributed by atoms with Gasteiger partial charge in [-0.1, -0.05) is 42.5 Å². The molecule has 0 unspecified atom stereocenters. The van der Waals surface area contributed by atoms with Crippen LogP contribution in [0.3, 0.4) is 0 Å². The average molecular weight is 422 g/mol. The Morgan fingerprint density at radius 3 is 2.35 bits per heavy atom. The summed E-state index contributed by atoms with van der Waals surface area (Å²) in [6.07, 6.45) is -1.01. The third-order valence-corrected chi connectivity index (χ3v) is 5.47. The molecule has 3 rings (SSSR count). The van der Waals surface area contributed by atoms with Crippen LogP contribution in [0, 0.1) is 5.92 Å². The highest BCUT2D eigenvalue weighted by atomic mass is 16.5. The van der Waals surface area contributed by atoms with E-state index in [0.717, 1.165) is 5.56 Å². The fourth-order valence-electron chi connectivity index (χ4n) is 3.63. The summed E-state index contributed by atoms with van der Waals surface area (Å²) in [5.41, 5.74) is 1.73. The molecule has 0 bridgehead atoms. The molecule has 31 heavy (non-hydrogen) atoms. The highest BCUT2D eigenvalue weighted by Crippen LogP contribution is 2.29. The number of esters is 1. The number of amides is 2. The fraction of sp³-hybridized carbons (Fsp3) is 0.333. The van der Waals surface area contributed by atoms with Gasteiger partial charge >= 0.3 is 5.97 Å². The Hall–Kier alpha value is -3.48. The Bertz CT molecular complexity index is 988. The molecule has 1 fully saturated rings. The number of benzene rings is 2. The van der Waals surface area contributed by atoms with Gasteiger partial charge in [0.05, 0.1) is 17.6 Å². The number of para-hydroxylation sites is 1. The molecule has 0 aromatic heterocycles. The molecule has 162 valence electrons. The first-order valence-electron chi connectivity index (χ1n) is 10.2. The number of nitrogens with zero attached hydrogens (tertiary/aromatic N) is 1. The summed E-state index contributed by atoms with van der Waals surface area (Å²) in [6, 6.07) is 16.1. The van der Waals surface area contributed by atoms with E-state index < -0.39 is 23.9 Å². The fourth-order valence-corrected chi connectivity index (χ4v) is 3.63. The van der Waals surface area contributed by atoms with Crippen molar-refractivity contribution >= 4 is 29.3 Å². The predicted octanol–water partition coefficient (Wildman–Crippen LogP) is 3.37. The van der Waals surface area contributed by atoms with Crippen molar-refractivity contribution in [3.63, 3.8) is 0 Å². The van der Waals surface area contributed by atoms with E-state index in [-0.39, 0.29) is 30.7 Å². The maximum atomic E-state index is 12.6. The minimum Gasteiger partial charge on any atom is -0.452 e. The number of Topliss-reactive ketones (excluding diaryl/α,β-unsaturated/α-hetero) is 1. The topological polar surface area (TPSA) is 92.8 Å². The molecule has 0 saturated carbocycles. The molecule has 2 amide bonds. The predicted molar refractivity (Wildman–Crippen MR) is 115 cm³/mol. The second-order valence-corrected chi connectivity index (χ2v) is 7.70. The molecule has 7 nitrogen and oxygen atoms in total. The molecule has 0 spiro atoms. The zero-order chi connectivity index (χ0) is 22.5. The van der Waals surface area contributed by atoms with Gasteiger partial charge < -0.3 is 15.0 Å². The largest absolute Gasteiger partial charge is 0.452 e. The molecular weight excluding hydrogens is 396 g/mol. The number of ketones is 1. The summed E-state index contributed by atoms with van der Waals surface area (Å²) in [7, 11) is 0. The van der Waals surface area contributed by atoms with E-state index >= 15 is 0 Å². The van der Waals surface area contributed by atoms with Crippen molar-refractivity contribution in [1.82, 2.24) is 4.90 Å². The molecule has 1 aliphatic rings. The third-order valence-electron chi connectivity index (χ3n) is 5.47. The van der Waals surface area contributed by atoms with Crippen LogP contribution in [-0.2, 0) is 19.1 Å². The standard InChI is InChI=1S/C24H26N2O5/c1-15(18-9-5-4-6-10-18)26-14-19(13-22(26)28)24(30)31-17(3)23(29)25-21-12-8-7-11-20(21)16(2)27/h4-12,15,17,19H,13-14H2,1-3H3,(H,25,29)/t15-,17-,19-/m0/s1. The van der Waals surface area contributed by atoms with Gasteiger partial charge in [-0.25, -0.2) is 0 Å². The molecular formula is C24H26N2O5. The molecule has 1 saturated heterocycles. The quantitative estimate of drug-likeness (QED) is 0.546. The lowest BCUT2D eigenvalue weighted by Gasteiger charge is -2.25. The normalized spacial score (nSPS) is 17.7. The minimum atomic E-state index is -1.07. The van der Waals surface area contributed by atoms with Crippen molar-refractivity contribution < 1.29 is 23.9 Å². The SMILES string of the molecule is CC(=O)c1ccccc1NC(=O)[C@H](C)OC(=O)[C@H]1CC(=O)N([C@@H](C)c2ccccc2)C1. The zero-order valence-corrected chi connectivity index (χ0v) is 17.8. The Balaban J connectivity index is 1.59.